The lowest BCUT2D eigenvalue weighted by Gasteiger charge is -1.92. The molecule has 2 heterocycles. The summed E-state index contributed by atoms with van der Waals surface area (Å²) in [5.41, 5.74) is 11.7. The van der Waals surface area contributed by atoms with Gasteiger partial charge in [-0.05, 0) is 12.1 Å². The van der Waals surface area contributed by atoms with Gasteiger partial charge in [-0.2, -0.15) is 0 Å². The molecule has 1 amide bonds. The molecule has 0 aromatic carbocycles. The molecule has 4 N–H and O–H groups in total. The van der Waals surface area contributed by atoms with E-state index in [9.17, 15) is 4.79 Å². The molecule has 0 bridgehead atoms. The van der Waals surface area contributed by atoms with Gasteiger partial charge in [0.05, 0.1) is 15.8 Å². The Kier molecular flexibility index (Phi) is 1.66. The summed E-state index contributed by atoms with van der Waals surface area (Å²) in [6, 6.07) is 3.65. The normalized spacial score (nSPS) is 10.5. The Balaban J connectivity index is 2.86. The first-order valence-electron chi connectivity index (χ1n) is 3.63. The molecule has 0 aliphatic rings. The summed E-state index contributed by atoms with van der Waals surface area (Å²) in [5.74, 6) is -0.526. The summed E-state index contributed by atoms with van der Waals surface area (Å²) < 4.78 is 0.883. The quantitative estimate of drug-likeness (QED) is 0.708. The Labute approximate surface area is 78.2 Å². The third-order valence-electron chi connectivity index (χ3n) is 1.72. The van der Waals surface area contributed by atoms with Crippen molar-refractivity contribution in [2.75, 3.05) is 5.73 Å². The van der Waals surface area contributed by atoms with Crippen molar-refractivity contribution in [2.45, 2.75) is 0 Å². The van der Waals surface area contributed by atoms with Crippen LogP contribution in [-0.4, -0.2) is 10.9 Å². The lowest BCUT2D eigenvalue weighted by Crippen LogP contribution is -2.12. The van der Waals surface area contributed by atoms with Gasteiger partial charge in [-0.1, -0.05) is 0 Å². The molecule has 0 saturated carbocycles. The zero-order valence-corrected chi connectivity index (χ0v) is 7.47. The number of pyridine rings is 1. The van der Waals surface area contributed by atoms with Crippen LogP contribution in [0.3, 0.4) is 0 Å². The number of thiophene rings is 1. The maximum absolute atomic E-state index is 11.0. The van der Waals surface area contributed by atoms with Gasteiger partial charge in [0.2, 0.25) is 0 Å². The van der Waals surface area contributed by atoms with Crippen molar-refractivity contribution in [3.05, 3.63) is 23.9 Å². The van der Waals surface area contributed by atoms with Gasteiger partial charge in [-0.3, -0.25) is 9.78 Å². The summed E-state index contributed by atoms with van der Waals surface area (Å²) in [6.45, 7) is 0. The number of primary amides is 1. The number of hydrogen-bond acceptors (Lipinski definition) is 4. The smallest absolute Gasteiger partial charge is 0.253 e. The van der Waals surface area contributed by atoms with Crippen LogP contribution in [0.4, 0.5) is 5.00 Å². The number of amides is 1. The van der Waals surface area contributed by atoms with Crippen LogP contribution < -0.4 is 11.5 Å². The molecule has 5 heteroatoms. The van der Waals surface area contributed by atoms with Crippen molar-refractivity contribution in [1.29, 1.82) is 0 Å². The van der Waals surface area contributed by atoms with Crippen LogP contribution in [0.25, 0.3) is 10.2 Å². The summed E-state index contributed by atoms with van der Waals surface area (Å²) in [7, 11) is 0. The van der Waals surface area contributed by atoms with Gasteiger partial charge < -0.3 is 11.5 Å². The minimum atomic E-state index is -0.526. The van der Waals surface area contributed by atoms with Crippen molar-refractivity contribution in [3.8, 4) is 0 Å². The zero-order valence-electron chi connectivity index (χ0n) is 6.65. The first kappa shape index (κ1) is 8.00. The Morgan fingerprint density at radius 1 is 1.54 bits per heavy atom. The molecule has 13 heavy (non-hydrogen) atoms. The third-order valence-corrected chi connectivity index (χ3v) is 2.69. The van der Waals surface area contributed by atoms with Crippen molar-refractivity contribution in [3.63, 3.8) is 0 Å². The van der Waals surface area contributed by atoms with Gasteiger partial charge >= 0.3 is 0 Å². The average molecular weight is 193 g/mol. The number of fused-ring (bicyclic) bond motifs is 1. The second-order valence-electron chi connectivity index (χ2n) is 2.56. The van der Waals surface area contributed by atoms with Gasteiger partial charge in [0.15, 0.2) is 0 Å². The highest BCUT2D eigenvalue weighted by Gasteiger charge is 2.14. The molecule has 2 aromatic rings. The van der Waals surface area contributed by atoms with Crippen LogP contribution in [0, 0.1) is 0 Å². The van der Waals surface area contributed by atoms with Crippen LogP contribution in [0.5, 0.6) is 0 Å². The average Bonchev–Trinajstić information content (AvgIpc) is 2.39. The molecule has 0 radical (unpaired) electrons. The number of nitrogen functional groups attached to an aromatic ring is 1. The van der Waals surface area contributed by atoms with Crippen molar-refractivity contribution >= 4 is 32.5 Å². The fraction of sp³-hybridized carbons (Fsp3) is 0. The Hall–Kier alpha value is -1.62. The minimum Gasteiger partial charge on any atom is -0.390 e. The summed E-state index contributed by atoms with van der Waals surface area (Å²) in [4.78, 5) is 15.1. The second kappa shape index (κ2) is 2.70. The van der Waals surface area contributed by atoms with E-state index in [1.165, 1.54) is 11.3 Å². The monoisotopic (exact) mass is 193 g/mol. The van der Waals surface area contributed by atoms with Crippen molar-refractivity contribution < 1.29 is 4.79 Å². The molecular formula is C8H7N3OS. The number of anilines is 1. The molecule has 0 aliphatic heterocycles. The molecule has 0 unspecified atom stereocenters. The Bertz CT molecular complexity index is 477. The molecule has 0 aliphatic carbocycles. The van der Waals surface area contributed by atoms with Gasteiger partial charge in [0.1, 0.15) is 5.00 Å². The maximum Gasteiger partial charge on any atom is 0.253 e. The van der Waals surface area contributed by atoms with Crippen molar-refractivity contribution in [2.24, 2.45) is 5.73 Å². The molecule has 0 fully saturated rings. The lowest BCUT2D eigenvalue weighted by atomic mass is 10.2. The van der Waals surface area contributed by atoms with E-state index in [1.54, 1.807) is 12.3 Å². The van der Waals surface area contributed by atoms with E-state index in [0.717, 1.165) is 4.70 Å². The summed E-state index contributed by atoms with van der Waals surface area (Å²) >= 11 is 1.32. The number of nitrogens with zero attached hydrogens (tertiary/aromatic N) is 1. The predicted molar refractivity (Wildman–Crippen MR) is 52.6 cm³/mol. The number of nitrogens with two attached hydrogens (primary N) is 2. The maximum atomic E-state index is 11.0. The lowest BCUT2D eigenvalue weighted by molar-refractivity contribution is 0.100. The predicted octanol–water partition coefficient (Wildman–Crippen LogP) is 0.977. The third kappa shape index (κ3) is 1.13. The van der Waals surface area contributed by atoms with E-state index in [0.29, 0.717) is 16.1 Å². The molecule has 4 nitrogen and oxygen atoms in total. The number of aromatic nitrogens is 1. The van der Waals surface area contributed by atoms with Gasteiger partial charge in [0, 0.05) is 6.20 Å². The van der Waals surface area contributed by atoms with Gasteiger partial charge in [-0.25, -0.2) is 0 Å². The first-order valence-corrected chi connectivity index (χ1v) is 4.44. The largest absolute Gasteiger partial charge is 0.390 e. The second-order valence-corrected chi connectivity index (χ2v) is 3.64. The SMILES string of the molecule is NC(=O)c1c(N)sc2cccnc12. The molecule has 0 spiro atoms. The highest BCUT2D eigenvalue weighted by molar-refractivity contribution is 7.23. The Morgan fingerprint density at radius 3 is 3.00 bits per heavy atom. The molecule has 2 aromatic heterocycles. The van der Waals surface area contributed by atoms with E-state index >= 15 is 0 Å². The molecule has 66 valence electrons. The molecule has 0 atom stereocenters. The van der Waals surface area contributed by atoms with Crippen LogP contribution in [0.1, 0.15) is 10.4 Å². The molecule has 2 rings (SSSR count). The van der Waals surface area contributed by atoms with Crippen LogP contribution in [0.2, 0.25) is 0 Å². The summed E-state index contributed by atoms with van der Waals surface area (Å²) in [5, 5.41) is 0.432. The topological polar surface area (TPSA) is 82.0 Å². The number of carbonyl (C=O) groups excluding carboxylic acids is 1. The minimum absolute atomic E-state index is 0.334. The molecular weight excluding hydrogens is 186 g/mol. The standard InChI is InChI=1S/C8H7N3OS/c9-7(12)5-6-4(13-8(5)10)2-1-3-11-6/h1-3H,10H2,(H2,9,12). The van der Waals surface area contributed by atoms with E-state index in [4.69, 9.17) is 11.5 Å². The fourth-order valence-electron chi connectivity index (χ4n) is 1.18. The van der Waals surface area contributed by atoms with Crippen LogP contribution in [-0.2, 0) is 0 Å². The fourth-order valence-corrected chi connectivity index (χ4v) is 2.12. The van der Waals surface area contributed by atoms with Crippen LogP contribution in [0.15, 0.2) is 18.3 Å². The Morgan fingerprint density at radius 2 is 2.31 bits per heavy atom. The van der Waals surface area contributed by atoms with Crippen molar-refractivity contribution in [1.82, 2.24) is 4.98 Å². The van der Waals surface area contributed by atoms with E-state index < -0.39 is 5.91 Å². The number of hydrogen-bond donors (Lipinski definition) is 2. The first-order chi connectivity index (χ1) is 6.20. The van der Waals surface area contributed by atoms with E-state index in [-0.39, 0.29) is 0 Å². The highest BCUT2D eigenvalue weighted by atomic mass is 32.1. The highest BCUT2D eigenvalue weighted by Crippen LogP contribution is 2.31. The van der Waals surface area contributed by atoms with E-state index in [2.05, 4.69) is 4.98 Å². The van der Waals surface area contributed by atoms with Crippen LogP contribution >= 0.6 is 11.3 Å². The van der Waals surface area contributed by atoms with Gasteiger partial charge in [0.25, 0.3) is 5.91 Å². The van der Waals surface area contributed by atoms with E-state index in [1.807, 2.05) is 6.07 Å². The molecule has 0 saturated heterocycles. The zero-order chi connectivity index (χ0) is 9.42. The number of rotatable bonds is 1. The number of carbonyl (C=O) groups is 1. The summed E-state index contributed by atoms with van der Waals surface area (Å²) in [6.07, 6.45) is 1.61. The van der Waals surface area contributed by atoms with Gasteiger partial charge in [-0.15, -0.1) is 11.3 Å².